The second-order valence-electron chi connectivity index (χ2n) is 4.85. The van der Waals surface area contributed by atoms with Crippen LogP contribution in [0.5, 0.6) is 0 Å². The zero-order valence-corrected chi connectivity index (χ0v) is 13.1. The number of rotatable bonds is 6. The standard InChI is InChI=1S/C15H20N4O.ClH/c1-12(10-16-2)15(20)18-14-6-4-13(5-7-14)11-19-9-3-8-17-19;/h3-9,12,16H,10-11H2,1-2H3,(H,18,20);1H. The second-order valence-corrected chi connectivity index (χ2v) is 4.85. The van der Waals surface area contributed by atoms with Crippen LogP contribution in [-0.2, 0) is 11.3 Å². The van der Waals surface area contributed by atoms with Crippen LogP contribution in [0, 0.1) is 5.92 Å². The number of anilines is 1. The van der Waals surface area contributed by atoms with Gasteiger partial charge in [0.15, 0.2) is 0 Å². The zero-order chi connectivity index (χ0) is 14.4. The van der Waals surface area contributed by atoms with Gasteiger partial charge in [0.1, 0.15) is 0 Å². The highest BCUT2D eigenvalue weighted by molar-refractivity contribution is 5.92. The van der Waals surface area contributed by atoms with Crippen molar-refractivity contribution in [2.45, 2.75) is 13.5 Å². The summed E-state index contributed by atoms with van der Waals surface area (Å²) >= 11 is 0. The number of carbonyl (C=O) groups excluding carboxylic acids is 1. The number of hydrogen-bond acceptors (Lipinski definition) is 3. The van der Waals surface area contributed by atoms with Crippen molar-refractivity contribution in [3.63, 3.8) is 0 Å². The van der Waals surface area contributed by atoms with Crippen LogP contribution in [0.1, 0.15) is 12.5 Å². The maximum atomic E-state index is 11.9. The van der Waals surface area contributed by atoms with Gasteiger partial charge in [-0.05, 0) is 30.8 Å². The third kappa shape index (κ3) is 5.21. The first-order valence-electron chi connectivity index (χ1n) is 6.71. The average molecular weight is 309 g/mol. The number of carbonyl (C=O) groups is 1. The highest BCUT2D eigenvalue weighted by Crippen LogP contribution is 2.11. The molecule has 0 radical (unpaired) electrons. The Morgan fingerprint density at radius 2 is 2.05 bits per heavy atom. The SMILES string of the molecule is CNCC(C)C(=O)Nc1ccc(Cn2cccn2)cc1.Cl. The molecule has 21 heavy (non-hydrogen) atoms. The van der Waals surface area contributed by atoms with E-state index in [4.69, 9.17) is 0 Å². The molecule has 0 spiro atoms. The number of hydrogen-bond donors (Lipinski definition) is 2. The minimum Gasteiger partial charge on any atom is -0.326 e. The van der Waals surface area contributed by atoms with E-state index in [-0.39, 0.29) is 24.2 Å². The molecule has 1 aromatic heterocycles. The fourth-order valence-corrected chi connectivity index (χ4v) is 1.94. The van der Waals surface area contributed by atoms with Gasteiger partial charge in [-0.25, -0.2) is 0 Å². The molecule has 2 N–H and O–H groups in total. The molecule has 0 saturated heterocycles. The summed E-state index contributed by atoms with van der Waals surface area (Å²) in [5.41, 5.74) is 1.97. The van der Waals surface area contributed by atoms with Crippen LogP contribution in [0.3, 0.4) is 0 Å². The predicted octanol–water partition coefficient (Wildman–Crippen LogP) is 2.15. The van der Waals surface area contributed by atoms with Crippen LogP contribution in [0.2, 0.25) is 0 Å². The largest absolute Gasteiger partial charge is 0.326 e. The van der Waals surface area contributed by atoms with Gasteiger partial charge in [0, 0.05) is 30.5 Å². The van der Waals surface area contributed by atoms with Gasteiger partial charge in [-0.1, -0.05) is 19.1 Å². The van der Waals surface area contributed by atoms with E-state index < -0.39 is 0 Å². The predicted molar refractivity (Wildman–Crippen MR) is 86.7 cm³/mol. The van der Waals surface area contributed by atoms with Crippen molar-refractivity contribution in [3.8, 4) is 0 Å². The number of nitrogens with one attached hydrogen (secondary N) is 2. The van der Waals surface area contributed by atoms with Crippen molar-refractivity contribution in [1.82, 2.24) is 15.1 Å². The quantitative estimate of drug-likeness (QED) is 0.859. The van der Waals surface area contributed by atoms with Crippen LogP contribution in [-0.4, -0.2) is 29.3 Å². The Hall–Kier alpha value is -1.85. The van der Waals surface area contributed by atoms with Gasteiger partial charge in [-0.15, -0.1) is 12.4 Å². The highest BCUT2D eigenvalue weighted by Gasteiger charge is 2.11. The Bertz CT molecular complexity index is 539. The van der Waals surface area contributed by atoms with E-state index in [1.54, 1.807) is 6.20 Å². The number of aromatic nitrogens is 2. The van der Waals surface area contributed by atoms with Crippen molar-refractivity contribution in [2.75, 3.05) is 18.9 Å². The number of benzene rings is 1. The number of halogens is 1. The van der Waals surface area contributed by atoms with Gasteiger partial charge in [0.2, 0.25) is 5.91 Å². The van der Waals surface area contributed by atoms with Crippen molar-refractivity contribution >= 4 is 24.0 Å². The molecule has 0 aliphatic rings. The van der Waals surface area contributed by atoms with E-state index in [9.17, 15) is 4.79 Å². The Labute approximate surface area is 131 Å². The molecule has 2 aromatic rings. The zero-order valence-electron chi connectivity index (χ0n) is 12.2. The normalized spacial score (nSPS) is 11.5. The number of nitrogens with zero attached hydrogens (tertiary/aromatic N) is 2. The molecule has 5 nitrogen and oxygen atoms in total. The van der Waals surface area contributed by atoms with E-state index in [2.05, 4.69) is 15.7 Å². The van der Waals surface area contributed by atoms with Crippen molar-refractivity contribution < 1.29 is 4.79 Å². The first kappa shape index (κ1) is 17.2. The van der Waals surface area contributed by atoms with Gasteiger partial charge >= 0.3 is 0 Å². The molecule has 0 saturated carbocycles. The minimum atomic E-state index is -0.0521. The third-order valence-corrected chi connectivity index (χ3v) is 3.08. The summed E-state index contributed by atoms with van der Waals surface area (Å²) in [7, 11) is 1.84. The molecule has 1 unspecified atom stereocenters. The molecular weight excluding hydrogens is 288 g/mol. The fraction of sp³-hybridized carbons (Fsp3) is 0.333. The van der Waals surface area contributed by atoms with E-state index in [1.807, 2.05) is 55.2 Å². The van der Waals surface area contributed by atoms with Crippen LogP contribution in [0.25, 0.3) is 0 Å². The molecule has 114 valence electrons. The molecule has 2 rings (SSSR count). The lowest BCUT2D eigenvalue weighted by atomic mass is 10.1. The number of amides is 1. The molecule has 0 aliphatic carbocycles. The Balaban J connectivity index is 0.00000220. The summed E-state index contributed by atoms with van der Waals surface area (Å²) in [6.45, 7) is 3.30. The van der Waals surface area contributed by atoms with E-state index in [0.29, 0.717) is 6.54 Å². The van der Waals surface area contributed by atoms with Crippen molar-refractivity contribution in [1.29, 1.82) is 0 Å². The lowest BCUT2D eigenvalue weighted by molar-refractivity contribution is -0.119. The van der Waals surface area contributed by atoms with Crippen LogP contribution >= 0.6 is 12.4 Å². The monoisotopic (exact) mass is 308 g/mol. The summed E-state index contributed by atoms with van der Waals surface area (Å²) < 4.78 is 1.86. The smallest absolute Gasteiger partial charge is 0.228 e. The molecule has 6 heteroatoms. The second kappa shape index (κ2) is 8.44. The molecular formula is C15H21ClN4O. The maximum absolute atomic E-state index is 11.9. The fourth-order valence-electron chi connectivity index (χ4n) is 1.94. The third-order valence-electron chi connectivity index (χ3n) is 3.08. The lowest BCUT2D eigenvalue weighted by Gasteiger charge is -2.12. The summed E-state index contributed by atoms with van der Waals surface area (Å²) in [5.74, 6) is -0.0251. The van der Waals surface area contributed by atoms with Crippen molar-refractivity contribution in [3.05, 3.63) is 48.3 Å². The Morgan fingerprint density at radius 1 is 1.33 bits per heavy atom. The van der Waals surface area contributed by atoms with E-state index in [1.165, 1.54) is 0 Å². The Kier molecular flexibility index (Phi) is 6.91. The first-order chi connectivity index (χ1) is 9.69. The molecule has 1 aromatic carbocycles. The molecule has 1 amide bonds. The molecule has 1 heterocycles. The van der Waals surface area contributed by atoms with Crippen LogP contribution < -0.4 is 10.6 Å². The molecule has 0 fully saturated rings. The lowest BCUT2D eigenvalue weighted by Crippen LogP contribution is -2.28. The highest BCUT2D eigenvalue weighted by atomic mass is 35.5. The van der Waals surface area contributed by atoms with Crippen LogP contribution in [0.4, 0.5) is 5.69 Å². The van der Waals surface area contributed by atoms with Gasteiger partial charge in [-0.2, -0.15) is 5.10 Å². The molecule has 0 bridgehead atoms. The van der Waals surface area contributed by atoms with Crippen molar-refractivity contribution in [2.24, 2.45) is 5.92 Å². The average Bonchev–Trinajstić information content (AvgIpc) is 2.94. The molecule has 0 aliphatic heterocycles. The summed E-state index contributed by atoms with van der Waals surface area (Å²) in [5, 5.41) is 10.1. The van der Waals surface area contributed by atoms with Gasteiger partial charge < -0.3 is 10.6 Å². The van der Waals surface area contributed by atoms with Gasteiger partial charge in [0.25, 0.3) is 0 Å². The van der Waals surface area contributed by atoms with Gasteiger partial charge in [-0.3, -0.25) is 9.48 Å². The van der Waals surface area contributed by atoms with Gasteiger partial charge in [0.05, 0.1) is 6.54 Å². The van der Waals surface area contributed by atoms with Crippen LogP contribution in [0.15, 0.2) is 42.7 Å². The first-order valence-corrected chi connectivity index (χ1v) is 6.71. The molecule has 1 atom stereocenters. The summed E-state index contributed by atoms with van der Waals surface area (Å²) in [4.78, 5) is 11.9. The van der Waals surface area contributed by atoms with E-state index >= 15 is 0 Å². The topological polar surface area (TPSA) is 59.0 Å². The minimum absolute atomic E-state index is 0. The van der Waals surface area contributed by atoms with E-state index in [0.717, 1.165) is 17.8 Å². The summed E-state index contributed by atoms with van der Waals surface area (Å²) in [6.07, 6.45) is 3.69. The maximum Gasteiger partial charge on any atom is 0.228 e. The summed E-state index contributed by atoms with van der Waals surface area (Å²) in [6, 6.07) is 9.74. The Morgan fingerprint density at radius 3 is 2.62 bits per heavy atom.